The Morgan fingerprint density at radius 3 is 2.38 bits per heavy atom. The predicted octanol–water partition coefficient (Wildman–Crippen LogP) is 3.75. The largest absolute Gasteiger partial charge is 0.356 e. The Bertz CT molecular complexity index is 581. The van der Waals surface area contributed by atoms with E-state index in [1.54, 1.807) is 0 Å². The number of hydrogen-bond acceptors (Lipinski definition) is 2. The number of amides is 2. The van der Waals surface area contributed by atoms with Gasteiger partial charge in [-0.1, -0.05) is 27.2 Å². The van der Waals surface area contributed by atoms with Gasteiger partial charge in [-0.25, -0.2) is 0 Å². The fourth-order valence-electron chi connectivity index (χ4n) is 6.04. The van der Waals surface area contributed by atoms with Gasteiger partial charge in [-0.3, -0.25) is 9.59 Å². The molecule has 26 heavy (non-hydrogen) atoms. The summed E-state index contributed by atoms with van der Waals surface area (Å²) < 4.78 is 0. The van der Waals surface area contributed by atoms with Crippen LogP contribution >= 0.6 is 0 Å². The monoisotopic (exact) mass is 360 g/mol. The van der Waals surface area contributed by atoms with Crippen LogP contribution in [0.4, 0.5) is 0 Å². The summed E-state index contributed by atoms with van der Waals surface area (Å²) in [5.41, 5.74) is 0.931. The molecule has 4 heteroatoms. The number of hydrogen-bond donors (Lipinski definition) is 1. The van der Waals surface area contributed by atoms with Gasteiger partial charge in [0.05, 0.1) is 0 Å². The molecule has 4 fully saturated rings. The van der Waals surface area contributed by atoms with E-state index in [1.807, 2.05) is 0 Å². The Hall–Kier alpha value is -1.06. The lowest BCUT2D eigenvalue weighted by Crippen LogP contribution is -2.45. The van der Waals surface area contributed by atoms with Crippen LogP contribution in [-0.4, -0.2) is 36.3 Å². The van der Waals surface area contributed by atoms with Crippen molar-refractivity contribution < 1.29 is 9.59 Å². The highest BCUT2D eigenvalue weighted by molar-refractivity contribution is 5.83. The summed E-state index contributed by atoms with van der Waals surface area (Å²) in [5, 5.41) is 2.98. The molecule has 4 aliphatic rings. The highest BCUT2D eigenvalue weighted by atomic mass is 16.2. The summed E-state index contributed by atoms with van der Waals surface area (Å²) >= 11 is 0. The zero-order chi connectivity index (χ0) is 18.6. The maximum Gasteiger partial charge on any atom is 0.226 e. The van der Waals surface area contributed by atoms with Gasteiger partial charge in [0.2, 0.25) is 11.8 Å². The normalized spacial score (nSPS) is 36.4. The van der Waals surface area contributed by atoms with E-state index >= 15 is 0 Å². The van der Waals surface area contributed by atoms with Gasteiger partial charge < -0.3 is 10.2 Å². The third-order valence-electron chi connectivity index (χ3n) is 8.82. The predicted molar refractivity (Wildman–Crippen MR) is 102 cm³/mol. The van der Waals surface area contributed by atoms with Gasteiger partial charge in [0, 0.05) is 32.0 Å². The maximum absolute atomic E-state index is 13.1. The lowest BCUT2D eigenvalue weighted by molar-refractivity contribution is -0.136. The zero-order valence-corrected chi connectivity index (χ0v) is 16.9. The molecule has 2 saturated carbocycles. The fraction of sp³-hybridized carbons (Fsp3) is 0.909. The van der Waals surface area contributed by atoms with Crippen molar-refractivity contribution >= 4 is 11.8 Å². The van der Waals surface area contributed by atoms with Crippen LogP contribution in [0.5, 0.6) is 0 Å². The van der Waals surface area contributed by atoms with E-state index in [1.165, 1.54) is 32.1 Å². The average Bonchev–Trinajstić information content (AvgIpc) is 3.21. The third kappa shape index (κ3) is 3.07. The van der Waals surface area contributed by atoms with Crippen molar-refractivity contribution in [1.29, 1.82) is 0 Å². The minimum absolute atomic E-state index is 0.138. The molecule has 0 aromatic carbocycles. The van der Waals surface area contributed by atoms with Crippen LogP contribution in [-0.2, 0) is 9.59 Å². The molecule has 2 saturated heterocycles. The second kappa shape index (κ2) is 6.24. The molecule has 0 bridgehead atoms. The van der Waals surface area contributed by atoms with Crippen molar-refractivity contribution in [2.75, 3.05) is 19.6 Å². The quantitative estimate of drug-likeness (QED) is 0.833. The van der Waals surface area contributed by atoms with Crippen molar-refractivity contribution in [1.82, 2.24) is 10.2 Å². The first-order valence-corrected chi connectivity index (χ1v) is 10.8. The van der Waals surface area contributed by atoms with Gasteiger partial charge in [0.15, 0.2) is 0 Å². The maximum atomic E-state index is 13.1. The van der Waals surface area contributed by atoms with Crippen molar-refractivity contribution in [3.8, 4) is 0 Å². The number of carbonyl (C=O) groups is 2. The topological polar surface area (TPSA) is 49.4 Å². The van der Waals surface area contributed by atoms with Gasteiger partial charge in [-0.05, 0) is 67.1 Å². The summed E-state index contributed by atoms with van der Waals surface area (Å²) in [6.45, 7) is 9.66. The van der Waals surface area contributed by atoms with Crippen LogP contribution in [0.15, 0.2) is 0 Å². The molecule has 0 aromatic rings. The van der Waals surface area contributed by atoms with Gasteiger partial charge in [-0.15, -0.1) is 0 Å². The number of rotatable bonds is 3. The summed E-state index contributed by atoms with van der Waals surface area (Å²) in [5.74, 6) is 1.74. The Labute approximate surface area is 158 Å². The van der Waals surface area contributed by atoms with E-state index in [0.717, 1.165) is 44.8 Å². The third-order valence-corrected chi connectivity index (χ3v) is 8.82. The minimum atomic E-state index is 0.138. The molecule has 0 aromatic heterocycles. The minimum Gasteiger partial charge on any atom is -0.356 e. The second-order valence-corrected chi connectivity index (χ2v) is 10.5. The van der Waals surface area contributed by atoms with Crippen molar-refractivity contribution in [2.24, 2.45) is 28.1 Å². The van der Waals surface area contributed by atoms with E-state index in [2.05, 4.69) is 31.0 Å². The summed E-state index contributed by atoms with van der Waals surface area (Å²) in [4.78, 5) is 26.8. The van der Waals surface area contributed by atoms with Gasteiger partial charge in [0.1, 0.15) is 0 Å². The average molecular weight is 361 g/mol. The molecule has 2 aliphatic heterocycles. The Kier molecular flexibility index (Phi) is 4.39. The number of nitrogens with one attached hydrogen (secondary N) is 1. The molecule has 1 N–H and O–H groups in total. The molecule has 4 rings (SSSR count). The first kappa shape index (κ1) is 18.3. The first-order valence-electron chi connectivity index (χ1n) is 10.8. The standard InChI is InChI=1S/C22H36N2O2/c1-4-20(2,3)16-5-7-22(8-6-16)13-17(22)19(26)24-11-9-21(10-12-24)14-18(25)23-15-21/h16-17H,4-15H2,1-3H3,(H,23,25). The highest BCUT2D eigenvalue weighted by Gasteiger charge is 2.60. The molecule has 146 valence electrons. The molecule has 1 unspecified atom stereocenters. The molecule has 2 aliphatic carbocycles. The van der Waals surface area contributed by atoms with Crippen LogP contribution in [0.2, 0.25) is 0 Å². The number of carbonyl (C=O) groups excluding carboxylic acids is 2. The smallest absolute Gasteiger partial charge is 0.226 e. The summed E-state index contributed by atoms with van der Waals surface area (Å²) in [7, 11) is 0. The SMILES string of the molecule is CCC(C)(C)C1CCC2(CC1)CC2C(=O)N1CCC2(CC1)CNC(=O)C2. The lowest BCUT2D eigenvalue weighted by atomic mass is 9.66. The molecular weight excluding hydrogens is 324 g/mol. The van der Waals surface area contributed by atoms with Gasteiger partial charge in [0.25, 0.3) is 0 Å². The molecule has 1 atom stereocenters. The summed E-state index contributed by atoms with van der Waals surface area (Å²) in [6.07, 6.45) is 10.2. The van der Waals surface area contributed by atoms with Crippen LogP contribution in [0.1, 0.15) is 78.6 Å². The second-order valence-electron chi connectivity index (χ2n) is 10.5. The summed E-state index contributed by atoms with van der Waals surface area (Å²) in [6, 6.07) is 0. The van der Waals surface area contributed by atoms with Crippen LogP contribution in [0.3, 0.4) is 0 Å². The van der Waals surface area contributed by atoms with Crippen LogP contribution < -0.4 is 5.32 Å². The Balaban J connectivity index is 1.29. The number of nitrogens with zero attached hydrogens (tertiary/aromatic N) is 1. The molecule has 4 nitrogen and oxygen atoms in total. The highest BCUT2D eigenvalue weighted by Crippen LogP contribution is 2.64. The molecular formula is C22H36N2O2. The van der Waals surface area contributed by atoms with E-state index < -0.39 is 0 Å². The van der Waals surface area contributed by atoms with E-state index in [-0.39, 0.29) is 11.3 Å². The Morgan fingerprint density at radius 2 is 1.85 bits per heavy atom. The first-order chi connectivity index (χ1) is 12.3. The molecule has 0 radical (unpaired) electrons. The van der Waals surface area contributed by atoms with Crippen molar-refractivity contribution in [2.45, 2.75) is 78.6 Å². The Morgan fingerprint density at radius 1 is 1.19 bits per heavy atom. The van der Waals surface area contributed by atoms with E-state index in [4.69, 9.17) is 0 Å². The lowest BCUT2D eigenvalue weighted by Gasteiger charge is -2.40. The van der Waals surface area contributed by atoms with Crippen molar-refractivity contribution in [3.05, 3.63) is 0 Å². The molecule has 2 heterocycles. The number of likely N-dealkylation sites (tertiary alicyclic amines) is 1. The fourth-order valence-corrected chi connectivity index (χ4v) is 6.04. The number of piperidine rings is 1. The van der Waals surface area contributed by atoms with Gasteiger partial charge in [-0.2, -0.15) is 0 Å². The zero-order valence-electron chi connectivity index (χ0n) is 16.9. The van der Waals surface area contributed by atoms with E-state index in [9.17, 15) is 9.59 Å². The van der Waals surface area contributed by atoms with Crippen LogP contribution in [0.25, 0.3) is 0 Å². The van der Waals surface area contributed by atoms with E-state index in [0.29, 0.717) is 29.1 Å². The molecule has 2 spiro atoms. The van der Waals surface area contributed by atoms with Crippen molar-refractivity contribution in [3.63, 3.8) is 0 Å². The van der Waals surface area contributed by atoms with Crippen LogP contribution in [0, 0.1) is 28.1 Å². The van der Waals surface area contributed by atoms with Gasteiger partial charge >= 0.3 is 0 Å². The molecule has 2 amide bonds.